The van der Waals surface area contributed by atoms with Crippen LogP contribution in [0.5, 0.6) is 0 Å². The Morgan fingerprint density at radius 2 is 2.10 bits per heavy atom. The molecule has 1 aromatic carbocycles. The molecule has 7 heteroatoms. The van der Waals surface area contributed by atoms with Crippen molar-refractivity contribution in [2.45, 2.75) is 6.42 Å². The van der Waals surface area contributed by atoms with Crippen LogP contribution in [-0.4, -0.2) is 23.7 Å². The van der Waals surface area contributed by atoms with Crippen LogP contribution in [0.15, 0.2) is 45.5 Å². The molecule has 0 bridgehead atoms. The van der Waals surface area contributed by atoms with Crippen molar-refractivity contribution in [3.05, 3.63) is 52.4 Å². The van der Waals surface area contributed by atoms with Crippen LogP contribution in [0.3, 0.4) is 0 Å². The van der Waals surface area contributed by atoms with E-state index < -0.39 is 12.0 Å². The Kier molecular flexibility index (Phi) is 4.99. The molecule has 2 aromatic rings. The van der Waals surface area contributed by atoms with Gasteiger partial charge in [-0.15, -0.1) is 0 Å². The van der Waals surface area contributed by atoms with Gasteiger partial charge < -0.3 is 20.2 Å². The van der Waals surface area contributed by atoms with Crippen molar-refractivity contribution in [1.29, 1.82) is 0 Å². The van der Waals surface area contributed by atoms with E-state index in [0.717, 1.165) is 5.76 Å². The number of urea groups is 1. The molecule has 0 aliphatic carbocycles. The third kappa shape index (κ3) is 4.35. The third-order valence-corrected chi connectivity index (χ3v) is 3.39. The van der Waals surface area contributed by atoms with Gasteiger partial charge in [0, 0.05) is 17.4 Å². The van der Waals surface area contributed by atoms with E-state index in [1.54, 1.807) is 18.4 Å². The summed E-state index contributed by atoms with van der Waals surface area (Å²) in [5.41, 5.74) is 0.495. The summed E-state index contributed by atoms with van der Waals surface area (Å²) in [7, 11) is 0. The lowest BCUT2D eigenvalue weighted by Gasteiger charge is -2.09. The van der Waals surface area contributed by atoms with Gasteiger partial charge in [-0.05, 0) is 46.3 Å². The van der Waals surface area contributed by atoms with E-state index in [1.807, 2.05) is 6.07 Å². The van der Waals surface area contributed by atoms with E-state index in [1.165, 1.54) is 12.1 Å². The molecular formula is C14H13BrN2O4. The number of furan rings is 1. The lowest BCUT2D eigenvalue weighted by molar-refractivity contribution is 0.0697. The standard InChI is InChI=1S/C14H13BrN2O4/c15-11-4-3-9(13(18)19)8-12(11)17-14(20)16-6-5-10-2-1-7-21-10/h1-4,7-8H,5-6H2,(H,18,19)(H2,16,17,20). The second-order valence-corrected chi connectivity index (χ2v) is 5.06. The van der Waals surface area contributed by atoms with E-state index in [4.69, 9.17) is 9.52 Å². The Morgan fingerprint density at radius 1 is 1.29 bits per heavy atom. The molecule has 2 amide bonds. The van der Waals surface area contributed by atoms with E-state index in [0.29, 0.717) is 23.1 Å². The van der Waals surface area contributed by atoms with Crippen molar-refractivity contribution in [2.75, 3.05) is 11.9 Å². The highest BCUT2D eigenvalue weighted by Crippen LogP contribution is 2.23. The molecule has 0 atom stereocenters. The number of halogens is 1. The first-order chi connectivity index (χ1) is 10.1. The minimum absolute atomic E-state index is 0.101. The van der Waals surface area contributed by atoms with E-state index in [2.05, 4.69) is 26.6 Å². The molecule has 0 fully saturated rings. The van der Waals surface area contributed by atoms with Gasteiger partial charge in [-0.25, -0.2) is 9.59 Å². The fraction of sp³-hybridized carbons (Fsp3) is 0.143. The highest BCUT2D eigenvalue weighted by molar-refractivity contribution is 9.10. The highest BCUT2D eigenvalue weighted by atomic mass is 79.9. The van der Waals surface area contributed by atoms with Crippen LogP contribution in [0.25, 0.3) is 0 Å². The Hall–Kier alpha value is -2.28. The maximum atomic E-state index is 11.8. The zero-order valence-electron chi connectivity index (χ0n) is 10.9. The van der Waals surface area contributed by atoms with Crippen LogP contribution in [0, 0.1) is 0 Å². The Morgan fingerprint density at radius 3 is 2.76 bits per heavy atom. The number of hydrogen-bond donors (Lipinski definition) is 3. The summed E-state index contributed by atoms with van der Waals surface area (Å²) in [6.07, 6.45) is 2.15. The van der Waals surface area contributed by atoms with Gasteiger partial charge in [-0.2, -0.15) is 0 Å². The van der Waals surface area contributed by atoms with Gasteiger partial charge in [-0.1, -0.05) is 0 Å². The van der Waals surface area contributed by atoms with Crippen LogP contribution in [0.1, 0.15) is 16.1 Å². The molecule has 0 spiro atoms. The summed E-state index contributed by atoms with van der Waals surface area (Å²) in [5.74, 6) is -0.270. The summed E-state index contributed by atoms with van der Waals surface area (Å²) >= 11 is 3.26. The number of carboxylic acids is 1. The number of amides is 2. The number of aromatic carboxylic acids is 1. The largest absolute Gasteiger partial charge is 0.478 e. The normalized spacial score (nSPS) is 10.1. The van der Waals surface area contributed by atoms with Crippen molar-refractivity contribution >= 4 is 33.6 Å². The number of anilines is 1. The van der Waals surface area contributed by atoms with Crippen molar-refractivity contribution in [1.82, 2.24) is 5.32 Å². The molecule has 0 aliphatic heterocycles. The molecule has 1 heterocycles. The van der Waals surface area contributed by atoms with E-state index in [9.17, 15) is 9.59 Å². The average molecular weight is 353 g/mol. The summed E-state index contributed by atoms with van der Waals surface area (Å²) in [4.78, 5) is 22.7. The summed E-state index contributed by atoms with van der Waals surface area (Å²) in [6, 6.07) is 7.60. The Bertz CT molecular complexity index is 640. The molecule has 3 N–H and O–H groups in total. The molecule has 21 heavy (non-hydrogen) atoms. The minimum atomic E-state index is -1.05. The van der Waals surface area contributed by atoms with Gasteiger partial charge >= 0.3 is 12.0 Å². The summed E-state index contributed by atoms with van der Waals surface area (Å²) in [5, 5.41) is 14.2. The van der Waals surface area contributed by atoms with Crippen molar-refractivity contribution < 1.29 is 19.1 Å². The van der Waals surface area contributed by atoms with E-state index in [-0.39, 0.29) is 5.56 Å². The fourth-order valence-corrected chi connectivity index (χ4v) is 2.02. The molecule has 2 rings (SSSR count). The van der Waals surface area contributed by atoms with Crippen LogP contribution in [0.4, 0.5) is 10.5 Å². The number of hydrogen-bond acceptors (Lipinski definition) is 3. The Labute approximate surface area is 129 Å². The number of rotatable bonds is 5. The predicted molar refractivity (Wildman–Crippen MR) is 80.5 cm³/mol. The molecule has 110 valence electrons. The third-order valence-electron chi connectivity index (χ3n) is 2.70. The molecular weight excluding hydrogens is 340 g/mol. The van der Waals surface area contributed by atoms with Gasteiger partial charge in [0.15, 0.2) is 0 Å². The molecule has 6 nitrogen and oxygen atoms in total. The topological polar surface area (TPSA) is 91.6 Å². The zero-order valence-corrected chi connectivity index (χ0v) is 12.5. The summed E-state index contributed by atoms with van der Waals surface area (Å²) in [6.45, 7) is 0.412. The van der Waals surface area contributed by atoms with Crippen LogP contribution in [0.2, 0.25) is 0 Å². The summed E-state index contributed by atoms with van der Waals surface area (Å²) < 4.78 is 5.76. The van der Waals surface area contributed by atoms with Crippen molar-refractivity contribution in [2.24, 2.45) is 0 Å². The zero-order chi connectivity index (χ0) is 15.2. The second kappa shape index (κ2) is 6.94. The first kappa shape index (κ1) is 15.1. The van der Waals surface area contributed by atoms with Crippen molar-refractivity contribution in [3.63, 3.8) is 0 Å². The quantitative estimate of drug-likeness (QED) is 0.770. The lowest BCUT2D eigenvalue weighted by Crippen LogP contribution is -2.30. The SMILES string of the molecule is O=C(NCCc1ccco1)Nc1cc(C(=O)O)ccc1Br. The molecule has 0 saturated heterocycles. The second-order valence-electron chi connectivity index (χ2n) is 4.21. The van der Waals surface area contributed by atoms with Gasteiger partial charge in [0.25, 0.3) is 0 Å². The van der Waals surface area contributed by atoms with Gasteiger partial charge in [0.05, 0.1) is 17.5 Å². The molecule has 0 radical (unpaired) electrons. The highest BCUT2D eigenvalue weighted by Gasteiger charge is 2.09. The number of carboxylic acid groups (broad SMARTS) is 1. The first-order valence-corrected chi connectivity index (χ1v) is 6.95. The number of benzene rings is 1. The Balaban J connectivity index is 1.90. The van der Waals surface area contributed by atoms with Crippen LogP contribution >= 0.6 is 15.9 Å². The minimum Gasteiger partial charge on any atom is -0.478 e. The molecule has 1 aromatic heterocycles. The average Bonchev–Trinajstić information content (AvgIpc) is 2.94. The maximum absolute atomic E-state index is 11.8. The maximum Gasteiger partial charge on any atom is 0.335 e. The van der Waals surface area contributed by atoms with E-state index >= 15 is 0 Å². The first-order valence-electron chi connectivity index (χ1n) is 6.16. The number of carbonyl (C=O) groups excluding carboxylic acids is 1. The van der Waals surface area contributed by atoms with Gasteiger partial charge in [0.1, 0.15) is 5.76 Å². The monoisotopic (exact) mass is 352 g/mol. The van der Waals surface area contributed by atoms with Crippen LogP contribution < -0.4 is 10.6 Å². The van der Waals surface area contributed by atoms with Gasteiger partial charge in [-0.3, -0.25) is 0 Å². The predicted octanol–water partition coefficient (Wildman–Crippen LogP) is 3.10. The number of nitrogens with one attached hydrogen (secondary N) is 2. The molecule has 0 unspecified atom stereocenters. The van der Waals surface area contributed by atoms with Crippen LogP contribution in [-0.2, 0) is 6.42 Å². The number of carbonyl (C=O) groups is 2. The molecule has 0 aliphatic rings. The smallest absolute Gasteiger partial charge is 0.335 e. The fourth-order valence-electron chi connectivity index (χ4n) is 1.67. The lowest BCUT2D eigenvalue weighted by atomic mass is 10.2. The molecule has 0 saturated carbocycles. The van der Waals surface area contributed by atoms with Gasteiger partial charge in [0.2, 0.25) is 0 Å². The van der Waals surface area contributed by atoms with Crippen molar-refractivity contribution in [3.8, 4) is 0 Å².